The minimum atomic E-state index is 0.703. The molecule has 1 aliphatic heterocycles. The molecule has 0 bridgehead atoms. The van der Waals surface area contributed by atoms with Gasteiger partial charge in [0.05, 0.1) is 18.9 Å². The van der Waals surface area contributed by atoms with E-state index in [0.717, 1.165) is 44.2 Å². The normalized spacial score (nSPS) is 15.2. The number of ether oxygens (including phenoxy) is 2. The Kier molecular flexibility index (Phi) is 6.18. The summed E-state index contributed by atoms with van der Waals surface area (Å²) in [5, 5.41) is 0. The predicted octanol–water partition coefficient (Wildman–Crippen LogP) is 3.81. The summed E-state index contributed by atoms with van der Waals surface area (Å²) in [6, 6.07) is 16.8. The summed E-state index contributed by atoms with van der Waals surface area (Å²) in [4.78, 5) is 4.94. The second-order valence-corrected chi connectivity index (χ2v) is 6.24. The molecule has 2 aromatic carbocycles. The fraction of sp³-hybridized carbons (Fsp3) is 0.429. The lowest BCUT2D eigenvalue weighted by Crippen LogP contribution is -2.46. The van der Waals surface area contributed by atoms with Gasteiger partial charge in [0.1, 0.15) is 11.5 Å². The summed E-state index contributed by atoms with van der Waals surface area (Å²) in [7, 11) is 0. The van der Waals surface area contributed by atoms with Gasteiger partial charge in [-0.25, -0.2) is 0 Å². The van der Waals surface area contributed by atoms with Gasteiger partial charge in [-0.2, -0.15) is 0 Å². The second kappa shape index (κ2) is 8.77. The van der Waals surface area contributed by atoms with Crippen molar-refractivity contribution in [2.45, 2.75) is 20.4 Å². The second-order valence-electron chi connectivity index (χ2n) is 6.24. The molecule has 0 unspecified atom stereocenters. The molecule has 1 fully saturated rings. The number of nitrogens with zero attached hydrogens (tertiary/aromatic N) is 2. The van der Waals surface area contributed by atoms with Crippen LogP contribution < -0.4 is 14.4 Å². The molecule has 0 radical (unpaired) electrons. The molecule has 1 aliphatic rings. The number of anilines is 1. The Morgan fingerprint density at radius 3 is 2.16 bits per heavy atom. The zero-order valence-corrected chi connectivity index (χ0v) is 15.3. The molecule has 25 heavy (non-hydrogen) atoms. The van der Waals surface area contributed by atoms with Crippen LogP contribution in [-0.2, 0) is 6.54 Å². The summed E-state index contributed by atoms with van der Waals surface area (Å²) in [5.74, 6) is 1.94. The summed E-state index contributed by atoms with van der Waals surface area (Å²) < 4.78 is 11.3. The zero-order chi connectivity index (χ0) is 17.5. The number of hydrogen-bond donors (Lipinski definition) is 0. The van der Waals surface area contributed by atoms with E-state index in [1.807, 2.05) is 19.9 Å². The van der Waals surface area contributed by atoms with Crippen molar-refractivity contribution in [1.82, 2.24) is 4.90 Å². The topological polar surface area (TPSA) is 24.9 Å². The van der Waals surface area contributed by atoms with Gasteiger partial charge in [-0.1, -0.05) is 24.3 Å². The van der Waals surface area contributed by atoms with E-state index in [4.69, 9.17) is 9.47 Å². The Morgan fingerprint density at radius 2 is 1.48 bits per heavy atom. The minimum Gasteiger partial charge on any atom is -0.494 e. The monoisotopic (exact) mass is 340 g/mol. The van der Waals surface area contributed by atoms with E-state index >= 15 is 0 Å². The number of para-hydroxylation sites is 2. The molecule has 0 aliphatic carbocycles. The van der Waals surface area contributed by atoms with E-state index in [-0.39, 0.29) is 0 Å². The van der Waals surface area contributed by atoms with Gasteiger partial charge in [0.2, 0.25) is 0 Å². The highest BCUT2D eigenvalue weighted by atomic mass is 16.5. The SMILES string of the molecule is CCOc1ccc(CN2CCN(c3ccccc3OCC)CC2)cc1. The third kappa shape index (κ3) is 4.67. The Balaban J connectivity index is 1.55. The number of hydrogen-bond acceptors (Lipinski definition) is 4. The van der Waals surface area contributed by atoms with E-state index < -0.39 is 0 Å². The lowest BCUT2D eigenvalue weighted by molar-refractivity contribution is 0.248. The highest BCUT2D eigenvalue weighted by Crippen LogP contribution is 2.29. The first kappa shape index (κ1) is 17.6. The standard InChI is InChI=1S/C21H28N2O2/c1-3-24-19-11-9-18(10-12-19)17-22-13-15-23(16-14-22)20-7-5-6-8-21(20)25-4-2/h5-12H,3-4,13-17H2,1-2H3. The van der Waals surface area contributed by atoms with Crippen molar-refractivity contribution < 1.29 is 9.47 Å². The lowest BCUT2D eigenvalue weighted by Gasteiger charge is -2.36. The molecule has 0 saturated carbocycles. The number of piperazine rings is 1. The molecule has 0 spiro atoms. The summed E-state index contributed by atoms with van der Waals surface area (Å²) in [5.41, 5.74) is 2.55. The largest absolute Gasteiger partial charge is 0.494 e. The van der Waals surface area contributed by atoms with Crippen LogP contribution in [-0.4, -0.2) is 44.3 Å². The fourth-order valence-electron chi connectivity index (χ4n) is 3.26. The zero-order valence-electron chi connectivity index (χ0n) is 15.3. The summed E-state index contributed by atoms with van der Waals surface area (Å²) in [6.07, 6.45) is 0. The molecule has 2 aromatic rings. The van der Waals surface area contributed by atoms with Gasteiger partial charge >= 0.3 is 0 Å². The Morgan fingerprint density at radius 1 is 0.800 bits per heavy atom. The maximum Gasteiger partial charge on any atom is 0.142 e. The Hall–Kier alpha value is -2.20. The Labute approximate surface area is 151 Å². The molecule has 4 heteroatoms. The molecule has 1 saturated heterocycles. The van der Waals surface area contributed by atoms with Crippen LogP contribution in [0.5, 0.6) is 11.5 Å². The molecular formula is C21H28N2O2. The maximum atomic E-state index is 5.78. The first-order valence-corrected chi connectivity index (χ1v) is 9.21. The van der Waals surface area contributed by atoms with Crippen molar-refractivity contribution in [3.8, 4) is 11.5 Å². The van der Waals surface area contributed by atoms with Crippen molar-refractivity contribution in [2.24, 2.45) is 0 Å². The highest BCUT2D eigenvalue weighted by Gasteiger charge is 2.19. The van der Waals surface area contributed by atoms with Gasteiger partial charge in [0.15, 0.2) is 0 Å². The van der Waals surface area contributed by atoms with Gasteiger partial charge in [0.25, 0.3) is 0 Å². The summed E-state index contributed by atoms with van der Waals surface area (Å²) in [6.45, 7) is 10.6. The van der Waals surface area contributed by atoms with Crippen molar-refractivity contribution in [2.75, 3.05) is 44.3 Å². The third-order valence-electron chi connectivity index (χ3n) is 4.52. The van der Waals surface area contributed by atoms with Crippen LogP contribution in [0.2, 0.25) is 0 Å². The summed E-state index contributed by atoms with van der Waals surface area (Å²) >= 11 is 0. The van der Waals surface area contributed by atoms with Crippen molar-refractivity contribution in [3.63, 3.8) is 0 Å². The molecule has 134 valence electrons. The van der Waals surface area contributed by atoms with Crippen molar-refractivity contribution in [1.29, 1.82) is 0 Å². The van der Waals surface area contributed by atoms with Crippen LogP contribution in [0.4, 0.5) is 5.69 Å². The van der Waals surface area contributed by atoms with Gasteiger partial charge in [-0.05, 0) is 43.7 Å². The lowest BCUT2D eigenvalue weighted by atomic mass is 10.1. The molecule has 0 amide bonds. The van der Waals surface area contributed by atoms with Gasteiger partial charge in [-0.15, -0.1) is 0 Å². The highest BCUT2D eigenvalue weighted by molar-refractivity contribution is 5.58. The Bertz CT molecular complexity index is 649. The van der Waals surface area contributed by atoms with Crippen molar-refractivity contribution in [3.05, 3.63) is 54.1 Å². The van der Waals surface area contributed by atoms with Crippen LogP contribution in [0.25, 0.3) is 0 Å². The quantitative estimate of drug-likeness (QED) is 0.765. The smallest absolute Gasteiger partial charge is 0.142 e. The van der Waals surface area contributed by atoms with Gasteiger partial charge in [-0.3, -0.25) is 4.90 Å². The average Bonchev–Trinajstić information content (AvgIpc) is 2.65. The minimum absolute atomic E-state index is 0.703. The first-order chi connectivity index (χ1) is 12.3. The van der Waals surface area contributed by atoms with E-state index in [2.05, 4.69) is 52.3 Å². The molecule has 1 heterocycles. The molecule has 4 nitrogen and oxygen atoms in total. The molecule has 0 N–H and O–H groups in total. The number of rotatable bonds is 7. The van der Waals surface area contributed by atoms with E-state index in [1.54, 1.807) is 0 Å². The van der Waals surface area contributed by atoms with Gasteiger partial charge < -0.3 is 14.4 Å². The van der Waals surface area contributed by atoms with Gasteiger partial charge in [0, 0.05) is 32.7 Å². The van der Waals surface area contributed by atoms with E-state index in [0.29, 0.717) is 13.2 Å². The average molecular weight is 340 g/mol. The van der Waals surface area contributed by atoms with Crippen LogP contribution in [0, 0.1) is 0 Å². The predicted molar refractivity (Wildman–Crippen MR) is 103 cm³/mol. The third-order valence-corrected chi connectivity index (χ3v) is 4.52. The fourth-order valence-corrected chi connectivity index (χ4v) is 3.26. The van der Waals surface area contributed by atoms with Crippen molar-refractivity contribution >= 4 is 5.69 Å². The van der Waals surface area contributed by atoms with Crippen LogP contribution >= 0.6 is 0 Å². The first-order valence-electron chi connectivity index (χ1n) is 9.21. The van der Waals surface area contributed by atoms with Crippen LogP contribution in [0.3, 0.4) is 0 Å². The maximum absolute atomic E-state index is 5.78. The molecule has 0 atom stereocenters. The molecule has 3 rings (SSSR count). The van der Waals surface area contributed by atoms with E-state index in [9.17, 15) is 0 Å². The van der Waals surface area contributed by atoms with Crippen LogP contribution in [0.1, 0.15) is 19.4 Å². The van der Waals surface area contributed by atoms with E-state index in [1.165, 1.54) is 11.3 Å². The molecule has 0 aromatic heterocycles. The number of benzene rings is 2. The molecular weight excluding hydrogens is 312 g/mol. The van der Waals surface area contributed by atoms with Crippen LogP contribution in [0.15, 0.2) is 48.5 Å².